The van der Waals surface area contributed by atoms with Crippen LogP contribution in [0, 0.1) is 0 Å². The second-order valence-corrected chi connectivity index (χ2v) is 7.41. The molecule has 0 radical (unpaired) electrons. The zero-order valence-electron chi connectivity index (χ0n) is 14.4. The molecule has 0 aliphatic rings. The summed E-state index contributed by atoms with van der Waals surface area (Å²) in [4.78, 5) is 0. The standard InChI is InChI=1S/C17H18F3NO4S/c1-24-15-9-8-14(10-16(15)25-2)21(26(3,22)23)11-12-4-6-13(7-5-12)17(18,19)20/h4-10H,11H2,1-3H3. The number of anilines is 1. The molecule has 0 fully saturated rings. The first-order valence-electron chi connectivity index (χ1n) is 7.42. The molecule has 0 unspecified atom stereocenters. The van der Waals surface area contributed by atoms with Crippen molar-refractivity contribution < 1.29 is 31.1 Å². The predicted molar refractivity (Wildman–Crippen MR) is 92.0 cm³/mol. The Labute approximate surface area is 150 Å². The molecule has 0 saturated heterocycles. The number of sulfonamides is 1. The molecule has 5 nitrogen and oxygen atoms in total. The summed E-state index contributed by atoms with van der Waals surface area (Å²) in [5.74, 6) is 0.769. The molecule has 0 amide bonds. The molecule has 0 aromatic heterocycles. The third kappa shape index (κ3) is 4.60. The maximum Gasteiger partial charge on any atom is 0.416 e. The number of nitrogens with zero attached hydrogens (tertiary/aromatic N) is 1. The molecule has 0 bridgehead atoms. The van der Waals surface area contributed by atoms with E-state index in [0.717, 1.165) is 22.7 Å². The zero-order valence-corrected chi connectivity index (χ0v) is 15.2. The summed E-state index contributed by atoms with van der Waals surface area (Å²) in [6, 6.07) is 8.92. The Morgan fingerprint density at radius 1 is 0.962 bits per heavy atom. The van der Waals surface area contributed by atoms with Gasteiger partial charge in [0.05, 0.1) is 38.3 Å². The summed E-state index contributed by atoms with van der Waals surface area (Å²) in [6.45, 7) is -0.119. The molecule has 0 atom stereocenters. The van der Waals surface area contributed by atoms with Gasteiger partial charge in [-0.25, -0.2) is 8.42 Å². The maximum absolute atomic E-state index is 12.7. The predicted octanol–water partition coefficient (Wildman–Crippen LogP) is 3.69. The number of benzene rings is 2. The summed E-state index contributed by atoms with van der Waals surface area (Å²) in [7, 11) is -0.813. The van der Waals surface area contributed by atoms with Crippen molar-refractivity contribution in [3.63, 3.8) is 0 Å². The van der Waals surface area contributed by atoms with E-state index in [4.69, 9.17) is 9.47 Å². The van der Waals surface area contributed by atoms with Crippen LogP contribution in [0.25, 0.3) is 0 Å². The van der Waals surface area contributed by atoms with Gasteiger partial charge in [0.1, 0.15) is 0 Å². The van der Waals surface area contributed by atoms with Gasteiger partial charge in [0.15, 0.2) is 11.5 Å². The summed E-state index contributed by atoms with van der Waals surface area (Å²) >= 11 is 0. The lowest BCUT2D eigenvalue weighted by atomic mass is 10.1. The van der Waals surface area contributed by atoms with Crippen molar-refractivity contribution in [2.45, 2.75) is 12.7 Å². The number of hydrogen-bond acceptors (Lipinski definition) is 4. The Balaban J connectivity index is 2.38. The first-order valence-corrected chi connectivity index (χ1v) is 9.27. The van der Waals surface area contributed by atoms with Crippen molar-refractivity contribution in [1.29, 1.82) is 0 Å². The van der Waals surface area contributed by atoms with Gasteiger partial charge in [0, 0.05) is 6.07 Å². The van der Waals surface area contributed by atoms with Crippen LogP contribution < -0.4 is 13.8 Å². The van der Waals surface area contributed by atoms with Crippen LogP contribution in [-0.4, -0.2) is 28.9 Å². The van der Waals surface area contributed by atoms with Crippen molar-refractivity contribution in [2.75, 3.05) is 24.8 Å². The van der Waals surface area contributed by atoms with Gasteiger partial charge in [0.2, 0.25) is 10.0 Å². The Morgan fingerprint density at radius 3 is 2.00 bits per heavy atom. The molecule has 0 heterocycles. The molecule has 0 aliphatic heterocycles. The fourth-order valence-electron chi connectivity index (χ4n) is 2.35. The normalized spacial score (nSPS) is 11.9. The second kappa shape index (κ2) is 7.45. The van der Waals surface area contributed by atoms with Gasteiger partial charge < -0.3 is 9.47 Å². The van der Waals surface area contributed by atoms with Crippen molar-refractivity contribution in [1.82, 2.24) is 0 Å². The SMILES string of the molecule is COc1ccc(N(Cc2ccc(C(F)(F)F)cc2)S(C)(=O)=O)cc1OC. The van der Waals surface area contributed by atoms with Crippen LogP contribution in [0.5, 0.6) is 11.5 Å². The molecule has 0 aliphatic carbocycles. The monoisotopic (exact) mass is 389 g/mol. The van der Waals surface area contributed by atoms with Gasteiger partial charge in [-0.2, -0.15) is 13.2 Å². The number of halogens is 3. The largest absolute Gasteiger partial charge is 0.493 e. The molecule has 9 heteroatoms. The van der Waals surface area contributed by atoms with Gasteiger partial charge in [-0.05, 0) is 29.8 Å². The van der Waals surface area contributed by atoms with E-state index in [2.05, 4.69) is 0 Å². The van der Waals surface area contributed by atoms with E-state index < -0.39 is 21.8 Å². The maximum atomic E-state index is 12.7. The average molecular weight is 389 g/mol. The summed E-state index contributed by atoms with van der Waals surface area (Å²) < 4.78 is 73.7. The Kier molecular flexibility index (Phi) is 5.70. The van der Waals surface area contributed by atoms with Crippen LogP contribution in [0.2, 0.25) is 0 Å². The first kappa shape index (κ1) is 19.9. The van der Waals surface area contributed by atoms with E-state index in [1.165, 1.54) is 38.5 Å². The molecule has 0 N–H and O–H groups in total. The van der Waals surface area contributed by atoms with Crippen LogP contribution in [-0.2, 0) is 22.7 Å². The fourth-order valence-corrected chi connectivity index (χ4v) is 3.23. The molecule has 2 rings (SSSR count). The van der Waals surface area contributed by atoms with Crippen LogP contribution in [0.4, 0.5) is 18.9 Å². The summed E-state index contributed by atoms with van der Waals surface area (Å²) in [5.41, 5.74) is -0.0680. The lowest BCUT2D eigenvalue weighted by Crippen LogP contribution is -2.29. The number of alkyl halides is 3. The second-order valence-electron chi connectivity index (χ2n) is 5.50. The minimum Gasteiger partial charge on any atom is -0.493 e. The van der Waals surface area contributed by atoms with Gasteiger partial charge in [-0.1, -0.05) is 12.1 Å². The number of hydrogen-bond donors (Lipinski definition) is 0. The highest BCUT2D eigenvalue weighted by Crippen LogP contribution is 2.33. The third-order valence-corrected chi connectivity index (χ3v) is 4.80. The molecule has 0 saturated carbocycles. The van der Waals surface area contributed by atoms with Crippen LogP contribution in [0.15, 0.2) is 42.5 Å². The molecular weight excluding hydrogens is 371 g/mol. The van der Waals surface area contributed by atoms with Gasteiger partial charge in [0.25, 0.3) is 0 Å². The Bertz CT molecular complexity index is 865. The van der Waals surface area contributed by atoms with E-state index >= 15 is 0 Å². The van der Waals surface area contributed by atoms with Crippen molar-refractivity contribution >= 4 is 15.7 Å². The zero-order chi connectivity index (χ0) is 19.5. The Morgan fingerprint density at radius 2 is 1.54 bits per heavy atom. The summed E-state index contributed by atoms with van der Waals surface area (Å²) in [6.07, 6.45) is -3.42. The average Bonchev–Trinajstić information content (AvgIpc) is 2.57. The van der Waals surface area contributed by atoms with Gasteiger partial charge >= 0.3 is 6.18 Å². The van der Waals surface area contributed by atoms with Crippen LogP contribution >= 0.6 is 0 Å². The van der Waals surface area contributed by atoms with Gasteiger partial charge in [-0.15, -0.1) is 0 Å². The number of rotatable bonds is 6. The van der Waals surface area contributed by atoms with Crippen molar-refractivity contribution in [2.24, 2.45) is 0 Å². The molecule has 2 aromatic rings. The molecular formula is C17H18F3NO4S. The van der Waals surface area contributed by atoms with Crippen LogP contribution in [0.3, 0.4) is 0 Å². The molecule has 2 aromatic carbocycles. The fraction of sp³-hybridized carbons (Fsp3) is 0.294. The van der Waals surface area contributed by atoms with E-state index in [9.17, 15) is 21.6 Å². The lowest BCUT2D eigenvalue weighted by Gasteiger charge is -2.23. The topological polar surface area (TPSA) is 55.8 Å². The van der Waals surface area contributed by atoms with Crippen molar-refractivity contribution in [3.8, 4) is 11.5 Å². The Hall–Kier alpha value is -2.42. The number of ether oxygens (including phenoxy) is 2. The first-order chi connectivity index (χ1) is 12.1. The molecule has 26 heavy (non-hydrogen) atoms. The minimum atomic E-state index is -4.45. The van der Waals surface area contributed by atoms with Gasteiger partial charge in [-0.3, -0.25) is 4.31 Å². The third-order valence-electron chi connectivity index (χ3n) is 3.66. The van der Waals surface area contributed by atoms with Crippen LogP contribution in [0.1, 0.15) is 11.1 Å². The van der Waals surface area contributed by atoms with Crippen molar-refractivity contribution in [3.05, 3.63) is 53.6 Å². The highest BCUT2D eigenvalue weighted by molar-refractivity contribution is 7.92. The van der Waals surface area contributed by atoms with E-state index in [0.29, 0.717) is 22.7 Å². The highest BCUT2D eigenvalue weighted by Gasteiger charge is 2.30. The van der Waals surface area contributed by atoms with E-state index in [1.807, 2.05) is 0 Å². The molecule has 0 spiro atoms. The number of methoxy groups -OCH3 is 2. The molecule has 142 valence electrons. The quantitative estimate of drug-likeness (QED) is 0.756. The highest BCUT2D eigenvalue weighted by atomic mass is 32.2. The minimum absolute atomic E-state index is 0.119. The smallest absolute Gasteiger partial charge is 0.416 e. The summed E-state index contributed by atoms with van der Waals surface area (Å²) in [5, 5.41) is 0. The van der Waals surface area contributed by atoms with E-state index in [-0.39, 0.29) is 6.54 Å². The van der Waals surface area contributed by atoms with E-state index in [1.54, 1.807) is 6.07 Å². The lowest BCUT2D eigenvalue weighted by molar-refractivity contribution is -0.137.